The van der Waals surface area contributed by atoms with Crippen LogP contribution in [-0.2, 0) is 6.54 Å². The molecule has 2 N–H and O–H groups in total. The van der Waals surface area contributed by atoms with Crippen molar-refractivity contribution in [3.8, 4) is 5.75 Å². The van der Waals surface area contributed by atoms with Crippen LogP contribution in [0, 0.1) is 0 Å². The van der Waals surface area contributed by atoms with E-state index < -0.39 is 0 Å². The highest BCUT2D eigenvalue weighted by atomic mass is 79.9. The number of phenols is 1. The van der Waals surface area contributed by atoms with Gasteiger partial charge < -0.3 is 15.1 Å². The normalized spacial score (nSPS) is 14.5. The number of β-amino-alcohol motifs (C(OH)–C–C–N with tert-alkyl or cyclic N) is 1. The number of rotatable bonds is 2. The minimum absolute atomic E-state index is 0.0523. The van der Waals surface area contributed by atoms with E-state index in [1.54, 1.807) is 17.0 Å². The number of carbonyl (C=O) groups is 1. The fourth-order valence-corrected chi connectivity index (χ4v) is 2.26. The first kappa shape index (κ1) is 10.4. The average Bonchev–Trinajstić information content (AvgIpc) is 2.52. The second-order valence-electron chi connectivity index (χ2n) is 3.38. The number of aliphatic hydroxyl groups excluding tert-OH is 1. The second kappa shape index (κ2) is 3.83. The maximum absolute atomic E-state index is 11.8. The number of carbonyl (C=O) groups excluding carboxylic acids is 1. The molecule has 1 heterocycles. The Morgan fingerprint density at radius 2 is 2.20 bits per heavy atom. The quantitative estimate of drug-likeness (QED) is 0.847. The van der Waals surface area contributed by atoms with Crippen LogP contribution in [0.25, 0.3) is 0 Å². The Morgan fingerprint density at radius 1 is 1.47 bits per heavy atom. The van der Waals surface area contributed by atoms with E-state index in [4.69, 9.17) is 5.11 Å². The summed E-state index contributed by atoms with van der Waals surface area (Å²) in [6.45, 7) is 0.762. The van der Waals surface area contributed by atoms with Crippen molar-refractivity contribution in [2.24, 2.45) is 0 Å². The first-order valence-electron chi connectivity index (χ1n) is 4.55. The van der Waals surface area contributed by atoms with Gasteiger partial charge in [0.2, 0.25) is 0 Å². The molecule has 1 amide bonds. The van der Waals surface area contributed by atoms with E-state index in [1.807, 2.05) is 0 Å². The third-order valence-electron chi connectivity index (χ3n) is 2.44. The van der Waals surface area contributed by atoms with Gasteiger partial charge in [-0.15, -0.1) is 0 Å². The number of hydrogen-bond donors (Lipinski definition) is 2. The minimum atomic E-state index is -0.151. The summed E-state index contributed by atoms with van der Waals surface area (Å²) < 4.78 is 0.436. The van der Waals surface area contributed by atoms with E-state index in [0.717, 1.165) is 5.56 Å². The highest BCUT2D eigenvalue weighted by Crippen LogP contribution is 2.35. The van der Waals surface area contributed by atoms with Gasteiger partial charge in [0.1, 0.15) is 5.75 Å². The average molecular weight is 272 g/mol. The molecular formula is C10H10BrNO3. The number of halogens is 1. The molecule has 0 saturated carbocycles. The first-order valence-corrected chi connectivity index (χ1v) is 5.35. The van der Waals surface area contributed by atoms with Gasteiger partial charge in [-0.2, -0.15) is 0 Å². The van der Waals surface area contributed by atoms with Crippen LogP contribution in [0.15, 0.2) is 16.6 Å². The van der Waals surface area contributed by atoms with Crippen molar-refractivity contribution in [3.63, 3.8) is 0 Å². The molecule has 0 spiro atoms. The van der Waals surface area contributed by atoms with Crippen LogP contribution in [0.3, 0.4) is 0 Å². The van der Waals surface area contributed by atoms with Crippen LogP contribution in [0.4, 0.5) is 0 Å². The zero-order valence-electron chi connectivity index (χ0n) is 7.90. The van der Waals surface area contributed by atoms with Crippen LogP contribution >= 0.6 is 15.9 Å². The van der Waals surface area contributed by atoms with Gasteiger partial charge in [0.15, 0.2) is 0 Å². The predicted octanol–water partition coefficient (Wildman–Crippen LogP) is 1.10. The number of aliphatic hydroxyl groups is 1. The second-order valence-corrected chi connectivity index (χ2v) is 4.18. The van der Waals surface area contributed by atoms with Crippen molar-refractivity contribution in [1.29, 1.82) is 0 Å². The summed E-state index contributed by atoms with van der Waals surface area (Å²) in [6, 6.07) is 3.28. The van der Waals surface area contributed by atoms with Crippen LogP contribution in [0.5, 0.6) is 5.75 Å². The standard InChI is InChI=1S/C10H10BrNO3/c11-9-7(14)2-1-6-5-12(3-4-13)10(15)8(6)9/h1-2,13-14H,3-5H2. The molecule has 1 aromatic rings. The zero-order valence-corrected chi connectivity index (χ0v) is 9.49. The third-order valence-corrected chi connectivity index (χ3v) is 3.24. The van der Waals surface area contributed by atoms with E-state index in [0.29, 0.717) is 23.1 Å². The number of fused-ring (bicyclic) bond motifs is 1. The van der Waals surface area contributed by atoms with Crippen LogP contribution in [0.2, 0.25) is 0 Å². The molecule has 2 rings (SSSR count). The summed E-state index contributed by atoms with van der Waals surface area (Å²) in [4.78, 5) is 13.4. The van der Waals surface area contributed by atoms with E-state index in [1.165, 1.54) is 0 Å². The van der Waals surface area contributed by atoms with Crippen LogP contribution < -0.4 is 0 Å². The van der Waals surface area contributed by atoms with Gasteiger partial charge in [-0.1, -0.05) is 6.07 Å². The lowest BCUT2D eigenvalue weighted by molar-refractivity contribution is 0.0745. The predicted molar refractivity (Wildman–Crippen MR) is 57.6 cm³/mol. The van der Waals surface area contributed by atoms with Crippen molar-refractivity contribution < 1.29 is 15.0 Å². The largest absolute Gasteiger partial charge is 0.507 e. The lowest BCUT2D eigenvalue weighted by Gasteiger charge is -2.12. The maximum Gasteiger partial charge on any atom is 0.255 e. The molecule has 0 aliphatic carbocycles. The maximum atomic E-state index is 11.8. The molecule has 0 fully saturated rings. The molecular weight excluding hydrogens is 262 g/mol. The van der Waals surface area contributed by atoms with Crippen molar-refractivity contribution in [2.75, 3.05) is 13.2 Å². The highest BCUT2D eigenvalue weighted by molar-refractivity contribution is 9.10. The third kappa shape index (κ3) is 1.61. The van der Waals surface area contributed by atoms with Gasteiger partial charge in [-0.3, -0.25) is 4.79 Å². The summed E-state index contributed by atoms with van der Waals surface area (Å²) in [5.41, 5.74) is 1.38. The molecule has 1 aromatic carbocycles. The highest BCUT2D eigenvalue weighted by Gasteiger charge is 2.29. The fourth-order valence-electron chi connectivity index (χ4n) is 1.70. The summed E-state index contributed by atoms with van der Waals surface area (Å²) in [6.07, 6.45) is 0. The van der Waals surface area contributed by atoms with Gasteiger partial charge in [0.05, 0.1) is 16.6 Å². The molecule has 15 heavy (non-hydrogen) atoms. The van der Waals surface area contributed by atoms with Gasteiger partial charge >= 0.3 is 0 Å². The molecule has 1 aliphatic heterocycles. The van der Waals surface area contributed by atoms with Gasteiger partial charge in [-0.05, 0) is 27.6 Å². The van der Waals surface area contributed by atoms with E-state index >= 15 is 0 Å². The number of phenolic OH excluding ortho intramolecular Hbond substituents is 1. The van der Waals surface area contributed by atoms with Gasteiger partial charge in [-0.25, -0.2) is 0 Å². The SMILES string of the molecule is O=C1c2c(ccc(O)c2Br)CN1CCO. The molecule has 0 atom stereocenters. The molecule has 4 nitrogen and oxygen atoms in total. The molecule has 0 unspecified atom stereocenters. The number of aromatic hydroxyl groups is 1. The van der Waals surface area contributed by atoms with Crippen LogP contribution in [0.1, 0.15) is 15.9 Å². The molecule has 0 aromatic heterocycles. The Bertz CT molecular complexity index is 419. The Balaban J connectivity index is 2.42. The summed E-state index contributed by atoms with van der Waals surface area (Å²) in [5, 5.41) is 18.2. The monoisotopic (exact) mass is 271 g/mol. The Labute approximate surface area is 95.3 Å². The first-order chi connectivity index (χ1) is 7.15. The van der Waals surface area contributed by atoms with Crippen LogP contribution in [-0.4, -0.2) is 34.2 Å². The minimum Gasteiger partial charge on any atom is -0.507 e. The van der Waals surface area contributed by atoms with E-state index in [-0.39, 0.29) is 18.3 Å². The van der Waals surface area contributed by atoms with Crippen molar-refractivity contribution in [1.82, 2.24) is 4.90 Å². The number of amides is 1. The molecule has 0 bridgehead atoms. The molecule has 1 aliphatic rings. The van der Waals surface area contributed by atoms with Gasteiger partial charge in [0, 0.05) is 13.1 Å². The topological polar surface area (TPSA) is 60.8 Å². The molecule has 5 heteroatoms. The molecule has 80 valence electrons. The molecule has 0 saturated heterocycles. The summed E-state index contributed by atoms with van der Waals surface area (Å²) >= 11 is 3.19. The number of nitrogens with zero attached hydrogens (tertiary/aromatic N) is 1. The lowest BCUT2D eigenvalue weighted by Crippen LogP contribution is -2.27. The molecule has 0 radical (unpaired) electrons. The van der Waals surface area contributed by atoms with E-state index in [9.17, 15) is 9.90 Å². The van der Waals surface area contributed by atoms with E-state index in [2.05, 4.69) is 15.9 Å². The van der Waals surface area contributed by atoms with Crippen molar-refractivity contribution in [2.45, 2.75) is 6.54 Å². The lowest BCUT2D eigenvalue weighted by atomic mass is 10.1. The zero-order chi connectivity index (χ0) is 11.0. The fraction of sp³-hybridized carbons (Fsp3) is 0.300. The van der Waals surface area contributed by atoms with Crippen molar-refractivity contribution in [3.05, 3.63) is 27.7 Å². The Hall–Kier alpha value is -1.07. The Morgan fingerprint density at radius 3 is 2.87 bits per heavy atom. The smallest absolute Gasteiger partial charge is 0.255 e. The van der Waals surface area contributed by atoms with Gasteiger partial charge in [0.25, 0.3) is 5.91 Å². The van der Waals surface area contributed by atoms with Crippen molar-refractivity contribution >= 4 is 21.8 Å². The number of benzene rings is 1. The summed E-state index contributed by atoms with van der Waals surface area (Å²) in [5.74, 6) is -0.0882. The Kier molecular flexibility index (Phi) is 2.67. The summed E-state index contributed by atoms with van der Waals surface area (Å²) in [7, 11) is 0. The number of hydrogen-bond acceptors (Lipinski definition) is 3.